The van der Waals surface area contributed by atoms with E-state index in [4.69, 9.17) is 4.74 Å². The summed E-state index contributed by atoms with van der Waals surface area (Å²) in [6.07, 6.45) is 3.98. The van der Waals surface area contributed by atoms with Crippen LogP contribution in [-0.4, -0.2) is 54.5 Å². The Bertz CT molecular complexity index is 1080. The zero-order valence-corrected chi connectivity index (χ0v) is 20.6. The Balaban J connectivity index is 1.74. The lowest BCUT2D eigenvalue weighted by Gasteiger charge is -2.40. The number of amides is 2. The number of benzene rings is 2. The molecule has 0 aliphatic carbocycles. The van der Waals surface area contributed by atoms with Crippen molar-refractivity contribution in [2.24, 2.45) is 0 Å². The quantitative estimate of drug-likeness (QED) is 0.675. The molecule has 2 heterocycles. The molecule has 0 bridgehead atoms. The van der Waals surface area contributed by atoms with Gasteiger partial charge in [-0.05, 0) is 88.3 Å². The molecule has 6 nitrogen and oxygen atoms in total. The molecule has 0 atom stereocenters. The number of nitrogens with zero attached hydrogens (tertiary/aromatic N) is 1. The van der Waals surface area contributed by atoms with Crippen molar-refractivity contribution >= 4 is 17.4 Å². The summed E-state index contributed by atoms with van der Waals surface area (Å²) in [6.45, 7) is 11.0. The molecule has 34 heavy (non-hydrogen) atoms. The topological polar surface area (TPSA) is 70.7 Å². The molecule has 1 saturated heterocycles. The smallest absolute Gasteiger partial charge is 0.253 e. The number of ether oxygens (including phenoxy) is 1. The Morgan fingerprint density at radius 2 is 1.68 bits per heavy atom. The number of piperidine rings is 1. The van der Waals surface area contributed by atoms with E-state index in [2.05, 4.69) is 16.7 Å². The number of carbonyl (C=O) groups is 2. The van der Waals surface area contributed by atoms with E-state index in [1.54, 1.807) is 0 Å². The number of hydrogen-bond donors (Lipinski definition) is 2. The number of hydrogen-bond acceptors (Lipinski definition) is 4. The summed E-state index contributed by atoms with van der Waals surface area (Å²) in [5.74, 6) is 0.739. The number of fused-ring (bicyclic) bond motifs is 1. The summed E-state index contributed by atoms with van der Waals surface area (Å²) >= 11 is 0. The van der Waals surface area contributed by atoms with Crippen LogP contribution in [0.1, 0.15) is 72.4 Å². The van der Waals surface area contributed by atoms with Gasteiger partial charge in [-0.2, -0.15) is 0 Å². The Hall–Kier alpha value is -3.12. The SMILES string of the molecule is CCN(CC)C(=O)c1ccc(C2=CC3(CCNCC3)Oc3ccc(C(=O)NC(C)C)cc32)cc1. The first-order chi connectivity index (χ1) is 16.4. The van der Waals surface area contributed by atoms with E-state index in [0.717, 1.165) is 48.4 Å². The molecule has 2 aliphatic rings. The molecule has 0 radical (unpaired) electrons. The minimum atomic E-state index is -0.370. The molecule has 2 aliphatic heterocycles. The van der Waals surface area contributed by atoms with Gasteiger partial charge in [0.2, 0.25) is 0 Å². The van der Waals surface area contributed by atoms with Gasteiger partial charge in [-0.3, -0.25) is 9.59 Å². The van der Waals surface area contributed by atoms with Gasteiger partial charge in [0.25, 0.3) is 11.8 Å². The molecule has 0 saturated carbocycles. The van der Waals surface area contributed by atoms with Crippen molar-refractivity contribution in [2.75, 3.05) is 26.2 Å². The average Bonchev–Trinajstić information content (AvgIpc) is 2.84. The first kappa shape index (κ1) is 24.0. The van der Waals surface area contributed by atoms with Gasteiger partial charge >= 0.3 is 0 Å². The van der Waals surface area contributed by atoms with E-state index in [0.29, 0.717) is 24.2 Å². The van der Waals surface area contributed by atoms with E-state index < -0.39 is 0 Å². The first-order valence-corrected chi connectivity index (χ1v) is 12.3. The van der Waals surface area contributed by atoms with Gasteiger partial charge in [-0.25, -0.2) is 0 Å². The maximum atomic E-state index is 12.8. The van der Waals surface area contributed by atoms with Crippen LogP contribution in [0.4, 0.5) is 0 Å². The standard InChI is InChI=1S/C28H35N3O3/c1-5-31(6-2)27(33)21-9-7-20(8-10-21)24-18-28(13-15-29-16-14-28)34-25-12-11-22(17-23(24)25)26(32)30-19(3)4/h7-12,17-19,29H,5-6,13-16H2,1-4H3,(H,30,32). The number of rotatable bonds is 6. The summed E-state index contributed by atoms with van der Waals surface area (Å²) in [5.41, 5.74) is 3.89. The van der Waals surface area contributed by atoms with Crippen molar-refractivity contribution in [1.29, 1.82) is 0 Å². The third-order valence-electron chi connectivity index (χ3n) is 6.62. The van der Waals surface area contributed by atoms with Gasteiger partial charge in [-0.1, -0.05) is 12.1 Å². The van der Waals surface area contributed by atoms with Crippen LogP contribution >= 0.6 is 0 Å². The average molecular weight is 462 g/mol. The highest BCUT2D eigenvalue weighted by Gasteiger charge is 2.37. The van der Waals surface area contributed by atoms with Crippen molar-refractivity contribution < 1.29 is 14.3 Å². The maximum Gasteiger partial charge on any atom is 0.253 e. The lowest BCUT2D eigenvalue weighted by atomic mass is 9.83. The maximum absolute atomic E-state index is 12.8. The van der Waals surface area contributed by atoms with E-state index in [-0.39, 0.29) is 23.5 Å². The van der Waals surface area contributed by atoms with E-state index >= 15 is 0 Å². The molecule has 2 aromatic rings. The second kappa shape index (κ2) is 10.0. The van der Waals surface area contributed by atoms with Crippen molar-refractivity contribution in [3.05, 3.63) is 70.8 Å². The summed E-state index contributed by atoms with van der Waals surface area (Å²) in [6, 6.07) is 13.5. The van der Waals surface area contributed by atoms with Crippen LogP contribution in [0, 0.1) is 0 Å². The van der Waals surface area contributed by atoms with Gasteiger partial charge < -0.3 is 20.3 Å². The number of carbonyl (C=O) groups excluding carboxylic acids is 2. The largest absolute Gasteiger partial charge is 0.482 e. The normalized spacial score (nSPS) is 16.4. The van der Waals surface area contributed by atoms with Crippen molar-refractivity contribution in [1.82, 2.24) is 15.5 Å². The van der Waals surface area contributed by atoms with Crippen LogP contribution < -0.4 is 15.4 Å². The Morgan fingerprint density at radius 1 is 1.03 bits per heavy atom. The van der Waals surface area contributed by atoms with Crippen LogP contribution in [0.15, 0.2) is 48.5 Å². The molecular formula is C28H35N3O3. The lowest BCUT2D eigenvalue weighted by molar-refractivity contribution is 0.0771. The molecule has 2 amide bonds. The fraction of sp³-hybridized carbons (Fsp3) is 0.429. The molecule has 6 heteroatoms. The Labute approximate surface area is 202 Å². The van der Waals surface area contributed by atoms with Crippen molar-refractivity contribution in [2.45, 2.75) is 52.2 Å². The molecule has 180 valence electrons. The Morgan fingerprint density at radius 3 is 2.29 bits per heavy atom. The van der Waals surface area contributed by atoms with Crippen LogP contribution in [0.25, 0.3) is 5.57 Å². The molecule has 2 aromatic carbocycles. The molecule has 2 N–H and O–H groups in total. The molecule has 0 aromatic heterocycles. The highest BCUT2D eigenvalue weighted by molar-refractivity contribution is 5.98. The third-order valence-corrected chi connectivity index (χ3v) is 6.62. The molecule has 0 unspecified atom stereocenters. The van der Waals surface area contributed by atoms with Gasteiger partial charge in [-0.15, -0.1) is 0 Å². The number of nitrogens with one attached hydrogen (secondary N) is 2. The summed E-state index contributed by atoms with van der Waals surface area (Å²) in [5, 5.41) is 6.38. The predicted molar refractivity (Wildman–Crippen MR) is 135 cm³/mol. The van der Waals surface area contributed by atoms with Gasteiger partial charge in [0, 0.05) is 48.7 Å². The second-order valence-corrected chi connectivity index (χ2v) is 9.37. The molecule has 1 fully saturated rings. The summed E-state index contributed by atoms with van der Waals surface area (Å²) in [7, 11) is 0. The van der Waals surface area contributed by atoms with Gasteiger partial charge in [0.05, 0.1) is 0 Å². The predicted octanol–water partition coefficient (Wildman–Crippen LogP) is 4.25. The molecule has 1 spiro atoms. The second-order valence-electron chi connectivity index (χ2n) is 9.37. The monoisotopic (exact) mass is 461 g/mol. The third kappa shape index (κ3) is 4.87. The van der Waals surface area contributed by atoms with Crippen LogP contribution in [0.3, 0.4) is 0 Å². The van der Waals surface area contributed by atoms with Gasteiger partial charge in [0.1, 0.15) is 11.4 Å². The fourth-order valence-corrected chi connectivity index (χ4v) is 4.73. The summed E-state index contributed by atoms with van der Waals surface area (Å²) in [4.78, 5) is 27.3. The van der Waals surface area contributed by atoms with E-state index in [9.17, 15) is 9.59 Å². The summed E-state index contributed by atoms with van der Waals surface area (Å²) < 4.78 is 6.54. The minimum absolute atomic E-state index is 0.0420. The van der Waals surface area contributed by atoms with Crippen LogP contribution in [-0.2, 0) is 0 Å². The van der Waals surface area contributed by atoms with E-state index in [1.165, 1.54) is 0 Å². The van der Waals surface area contributed by atoms with Crippen LogP contribution in [0.2, 0.25) is 0 Å². The van der Waals surface area contributed by atoms with Crippen molar-refractivity contribution in [3.8, 4) is 5.75 Å². The zero-order chi connectivity index (χ0) is 24.3. The Kier molecular flexibility index (Phi) is 7.08. The molecule has 4 rings (SSSR count). The van der Waals surface area contributed by atoms with Gasteiger partial charge in [0.15, 0.2) is 0 Å². The highest BCUT2D eigenvalue weighted by Crippen LogP contribution is 2.43. The first-order valence-electron chi connectivity index (χ1n) is 12.3. The lowest BCUT2D eigenvalue weighted by Crippen LogP contribution is -2.46. The molecular weight excluding hydrogens is 426 g/mol. The minimum Gasteiger partial charge on any atom is -0.482 e. The van der Waals surface area contributed by atoms with Crippen molar-refractivity contribution in [3.63, 3.8) is 0 Å². The zero-order valence-electron chi connectivity index (χ0n) is 20.6. The van der Waals surface area contributed by atoms with Crippen LogP contribution in [0.5, 0.6) is 5.75 Å². The van der Waals surface area contributed by atoms with E-state index in [1.807, 2.05) is 75.1 Å². The highest BCUT2D eigenvalue weighted by atomic mass is 16.5. The fourth-order valence-electron chi connectivity index (χ4n) is 4.73.